The van der Waals surface area contributed by atoms with Gasteiger partial charge >= 0.3 is 5.97 Å². The van der Waals surface area contributed by atoms with Crippen LogP contribution in [0.3, 0.4) is 0 Å². The average molecular weight is 250 g/mol. The van der Waals surface area contributed by atoms with Crippen molar-refractivity contribution in [2.75, 3.05) is 7.11 Å². The van der Waals surface area contributed by atoms with E-state index in [1.807, 2.05) is 13.8 Å². The molecule has 0 aromatic carbocycles. The molecule has 1 aromatic rings. The van der Waals surface area contributed by atoms with Crippen molar-refractivity contribution in [3.8, 4) is 0 Å². The van der Waals surface area contributed by atoms with Gasteiger partial charge in [-0.25, -0.2) is 4.98 Å². The Morgan fingerprint density at radius 1 is 1.50 bits per heavy atom. The number of aromatic amines is 1. The topological polar surface area (TPSA) is 55.0 Å². The monoisotopic (exact) mass is 250 g/mol. The zero-order valence-corrected chi connectivity index (χ0v) is 11.5. The molecule has 1 unspecified atom stereocenters. The van der Waals surface area contributed by atoms with Crippen LogP contribution in [0.15, 0.2) is 0 Å². The predicted molar refractivity (Wildman–Crippen MR) is 69.6 cm³/mol. The fraction of sp³-hybridized carbons (Fsp3) is 0.714. The van der Waals surface area contributed by atoms with E-state index in [9.17, 15) is 4.79 Å². The van der Waals surface area contributed by atoms with E-state index < -0.39 is 0 Å². The molecule has 0 aliphatic heterocycles. The summed E-state index contributed by atoms with van der Waals surface area (Å²) in [6.07, 6.45) is 5.74. The number of nitrogens with one attached hydrogen (secondary N) is 1. The van der Waals surface area contributed by atoms with Gasteiger partial charge in [-0.05, 0) is 26.2 Å². The molecule has 100 valence electrons. The maximum absolute atomic E-state index is 11.7. The van der Waals surface area contributed by atoms with Gasteiger partial charge in [0.05, 0.1) is 12.8 Å². The second-order valence-electron chi connectivity index (χ2n) is 5.10. The molecule has 1 heterocycles. The Labute approximate surface area is 108 Å². The van der Waals surface area contributed by atoms with Crippen LogP contribution in [-0.4, -0.2) is 23.0 Å². The summed E-state index contributed by atoms with van der Waals surface area (Å²) in [5.41, 5.74) is 2.27. The Balaban J connectivity index is 2.23. The number of rotatable bonds is 4. The number of nitrogens with zero attached hydrogens (tertiary/aromatic N) is 1. The number of esters is 1. The van der Waals surface area contributed by atoms with Crippen LogP contribution in [-0.2, 0) is 9.53 Å². The van der Waals surface area contributed by atoms with Crippen LogP contribution in [0.1, 0.15) is 68.1 Å². The van der Waals surface area contributed by atoms with E-state index in [0.717, 1.165) is 17.2 Å². The minimum atomic E-state index is -0.260. The second-order valence-corrected chi connectivity index (χ2v) is 5.10. The van der Waals surface area contributed by atoms with Gasteiger partial charge in [0.1, 0.15) is 11.7 Å². The van der Waals surface area contributed by atoms with Crippen LogP contribution in [0.5, 0.6) is 0 Å². The molecule has 2 rings (SSSR count). The number of aryl methyl sites for hydroxylation is 1. The highest BCUT2D eigenvalue weighted by molar-refractivity contribution is 5.76. The van der Waals surface area contributed by atoms with Gasteiger partial charge in [0.25, 0.3) is 0 Å². The third kappa shape index (κ3) is 2.42. The summed E-state index contributed by atoms with van der Waals surface area (Å²) in [5.74, 6) is 0.877. The molecule has 0 spiro atoms. The lowest BCUT2D eigenvalue weighted by Gasteiger charge is -2.09. The van der Waals surface area contributed by atoms with Gasteiger partial charge < -0.3 is 9.72 Å². The zero-order chi connectivity index (χ0) is 13.1. The van der Waals surface area contributed by atoms with Crippen molar-refractivity contribution in [1.29, 1.82) is 0 Å². The molecule has 0 bridgehead atoms. The van der Waals surface area contributed by atoms with E-state index in [1.54, 1.807) is 0 Å². The smallest absolute Gasteiger partial charge is 0.316 e. The fourth-order valence-corrected chi connectivity index (χ4v) is 2.87. The van der Waals surface area contributed by atoms with Crippen molar-refractivity contribution in [2.24, 2.45) is 0 Å². The molecule has 1 fully saturated rings. The van der Waals surface area contributed by atoms with Crippen LogP contribution >= 0.6 is 0 Å². The molecule has 4 heteroatoms. The lowest BCUT2D eigenvalue weighted by Crippen LogP contribution is -2.15. The Morgan fingerprint density at radius 3 is 2.72 bits per heavy atom. The molecule has 0 saturated heterocycles. The first kappa shape index (κ1) is 13.1. The maximum atomic E-state index is 11.7. The fourth-order valence-electron chi connectivity index (χ4n) is 2.87. The number of carbonyl (C=O) groups is 1. The molecule has 1 saturated carbocycles. The number of hydrogen-bond donors (Lipinski definition) is 1. The standard InChI is InChI=1S/C14H22N2O2/c1-4-11(14(17)18-3)13-15-9(2)12(16-13)10-7-5-6-8-10/h10-11H,4-8H2,1-3H3,(H,15,16). The van der Waals surface area contributed by atoms with Crippen molar-refractivity contribution in [1.82, 2.24) is 9.97 Å². The van der Waals surface area contributed by atoms with E-state index in [4.69, 9.17) is 4.74 Å². The van der Waals surface area contributed by atoms with Gasteiger partial charge in [0, 0.05) is 11.6 Å². The number of carbonyl (C=O) groups excluding carboxylic acids is 1. The molecule has 0 amide bonds. The van der Waals surface area contributed by atoms with Gasteiger partial charge in [-0.2, -0.15) is 0 Å². The quantitative estimate of drug-likeness (QED) is 0.836. The van der Waals surface area contributed by atoms with Crippen LogP contribution in [0.25, 0.3) is 0 Å². The minimum absolute atomic E-state index is 0.204. The first-order valence-corrected chi connectivity index (χ1v) is 6.81. The molecular formula is C14H22N2O2. The SMILES string of the molecule is CCC(C(=O)OC)c1nc(C2CCCC2)c(C)[nH]1. The molecule has 1 aliphatic rings. The van der Waals surface area contributed by atoms with Crippen LogP contribution in [0, 0.1) is 6.92 Å². The summed E-state index contributed by atoms with van der Waals surface area (Å²) in [7, 11) is 1.43. The van der Waals surface area contributed by atoms with Crippen molar-refractivity contribution in [2.45, 2.75) is 57.8 Å². The minimum Gasteiger partial charge on any atom is -0.468 e. The van der Waals surface area contributed by atoms with E-state index in [2.05, 4.69) is 9.97 Å². The summed E-state index contributed by atoms with van der Waals surface area (Å²) >= 11 is 0. The molecule has 1 N–H and O–H groups in total. The van der Waals surface area contributed by atoms with Crippen LogP contribution in [0.4, 0.5) is 0 Å². The summed E-state index contributed by atoms with van der Waals surface area (Å²) in [4.78, 5) is 19.7. The zero-order valence-electron chi connectivity index (χ0n) is 11.5. The van der Waals surface area contributed by atoms with Gasteiger partial charge in [0.15, 0.2) is 0 Å². The van der Waals surface area contributed by atoms with Crippen LogP contribution < -0.4 is 0 Å². The molecule has 18 heavy (non-hydrogen) atoms. The highest BCUT2D eigenvalue weighted by Crippen LogP contribution is 2.35. The van der Waals surface area contributed by atoms with E-state index in [1.165, 1.54) is 32.8 Å². The third-order valence-corrected chi connectivity index (χ3v) is 3.91. The number of ether oxygens (including phenoxy) is 1. The van der Waals surface area contributed by atoms with Crippen molar-refractivity contribution >= 4 is 5.97 Å². The molecule has 4 nitrogen and oxygen atoms in total. The lowest BCUT2D eigenvalue weighted by molar-refractivity contribution is -0.142. The first-order chi connectivity index (χ1) is 8.67. The normalized spacial score (nSPS) is 17.9. The summed E-state index contributed by atoms with van der Waals surface area (Å²) < 4.78 is 4.83. The molecule has 1 aliphatic carbocycles. The molecule has 0 radical (unpaired) electrons. The molecule has 1 atom stereocenters. The Hall–Kier alpha value is -1.32. The third-order valence-electron chi connectivity index (χ3n) is 3.91. The van der Waals surface area contributed by atoms with Crippen molar-refractivity contribution in [3.05, 3.63) is 17.2 Å². The van der Waals surface area contributed by atoms with Gasteiger partial charge in [-0.15, -0.1) is 0 Å². The van der Waals surface area contributed by atoms with Gasteiger partial charge in [-0.1, -0.05) is 19.8 Å². The molecular weight excluding hydrogens is 228 g/mol. The maximum Gasteiger partial charge on any atom is 0.316 e. The number of aromatic nitrogens is 2. The van der Waals surface area contributed by atoms with E-state index >= 15 is 0 Å². The summed E-state index contributed by atoms with van der Waals surface area (Å²) in [6, 6.07) is 0. The van der Waals surface area contributed by atoms with E-state index in [-0.39, 0.29) is 11.9 Å². The number of H-pyrrole nitrogens is 1. The average Bonchev–Trinajstić information content (AvgIpc) is 2.99. The van der Waals surface area contributed by atoms with Gasteiger partial charge in [0.2, 0.25) is 0 Å². The summed E-state index contributed by atoms with van der Waals surface area (Å²) in [5, 5.41) is 0. The highest BCUT2D eigenvalue weighted by Gasteiger charge is 2.27. The Morgan fingerprint density at radius 2 is 2.17 bits per heavy atom. The van der Waals surface area contributed by atoms with Crippen LogP contribution in [0.2, 0.25) is 0 Å². The predicted octanol–water partition coefficient (Wildman–Crippen LogP) is 3.04. The van der Waals surface area contributed by atoms with Gasteiger partial charge in [-0.3, -0.25) is 4.79 Å². The lowest BCUT2D eigenvalue weighted by atomic mass is 10.0. The van der Waals surface area contributed by atoms with Crippen molar-refractivity contribution < 1.29 is 9.53 Å². The first-order valence-electron chi connectivity index (χ1n) is 6.81. The Bertz CT molecular complexity index is 419. The van der Waals surface area contributed by atoms with E-state index in [0.29, 0.717) is 12.3 Å². The highest BCUT2D eigenvalue weighted by atomic mass is 16.5. The number of hydrogen-bond acceptors (Lipinski definition) is 3. The molecule has 1 aromatic heterocycles. The number of imidazole rings is 1. The Kier molecular flexibility index (Phi) is 4.04. The van der Waals surface area contributed by atoms with Crippen molar-refractivity contribution in [3.63, 3.8) is 0 Å². The second kappa shape index (κ2) is 5.55. The largest absolute Gasteiger partial charge is 0.468 e. The summed E-state index contributed by atoms with van der Waals surface area (Å²) in [6.45, 7) is 4.03. The number of methoxy groups -OCH3 is 1.